The third-order valence-electron chi connectivity index (χ3n) is 3.47. The van der Waals surface area contributed by atoms with Gasteiger partial charge in [0.1, 0.15) is 11.4 Å². The highest BCUT2D eigenvalue weighted by molar-refractivity contribution is 7.03. The molecule has 1 heterocycles. The fraction of sp³-hybridized carbons (Fsp3) is 0.118. The molecule has 0 bridgehead atoms. The average Bonchev–Trinajstić information content (AvgIpc) is 3.10. The lowest BCUT2D eigenvalue weighted by atomic mass is 10.1. The highest BCUT2D eigenvalue weighted by atomic mass is 32.1. The summed E-state index contributed by atoms with van der Waals surface area (Å²) in [7, 11) is 1.59. The number of anilines is 1. The van der Waals surface area contributed by atoms with Crippen molar-refractivity contribution in [3.8, 4) is 17.0 Å². The van der Waals surface area contributed by atoms with Gasteiger partial charge in [-0.25, -0.2) is 0 Å². The molecule has 3 rings (SSSR count). The summed E-state index contributed by atoms with van der Waals surface area (Å²) >= 11 is 1.31. The molecule has 5 nitrogen and oxygen atoms in total. The number of hydrogen-bond acceptors (Lipinski definition) is 5. The molecule has 0 aliphatic carbocycles. The molecule has 1 amide bonds. The van der Waals surface area contributed by atoms with E-state index >= 15 is 0 Å². The van der Waals surface area contributed by atoms with Gasteiger partial charge >= 0.3 is 0 Å². The summed E-state index contributed by atoms with van der Waals surface area (Å²) in [4.78, 5) is 12.3. The van der Waals surface area contributed by atoms with Gasteiger partial charge < -0.3 is 10.1 Å². The van der Waals surface area contributed by atoms with E-state index in [1.54, 1.807) is 19.2 Å². The van der Waals surface area contributed by atoms with Crippen molar-refractivity contribution in [2.24, 2.45) is 0 Å². The van der Waals surface area contributed by atoms with Crippen LogP contribution >= 0.6 is 11.5 Å². The van der Waals surface area contributed by atoms with Gasteiger partial charge in [0.05, 0.1) is 7.11 Å². The number of ether oxygens (including phenoxy) is 1. The number of hydrogen-bond donors (Lipinski definition) is 1. The molecular weight excluding hydrogens is 310 g/mol. The first-order valence-electron chi connectivity index (χ1n) is 7.01. The number of nitrogens with zero attached hydrogens (tertiary/aromatic N) is 2. The maximum atomic E-state index is 12.3. The molecule has 0 radical (unpaired) electrons. The minimum Gasteiger partial charge on any atom is -0.496 e. The highest BCUT2D eigenvalue weighted by Crippen LogP contribution is 2.22. The zero-order valence-electron chi connectivity index (χ0n) is 12.7. The van der Waals surface area contributed by atoms with Crippen molar-refractivity contribution in [1.82, 2.24) is 9.59 Å². The monoisotopic (exact) mass is 325 g/mol. The molecule has 0 unspecified atom stereocenters. The number of carbonyl (C=O) groups excluding carboxylic acids is 1. The molecule has 0 saturated carbocycles. The normalized spacial score (nSPS) is 10.3. The molecule has 1 N–H and O–H groups in total. The SMILES string of the molecule is COc1cc(C(=O)Nc2ccc(-c3csnn3)cc2)ccc1C. The summed E-state index contributed by atoms with van der Waals surface area (Å²) in [6, 6.07) is 12.9. The zero-order valence-corrected chi connectivity index (χ0v) is 13.6. The molecule has 0 atom stereocenters. The standard InChI is InChI=1S/C17H15N3O2S/c1-11-3-4-13(9-16(11)22-2)17(21)18-14-7-5-12(6-8-14)15-10-23-20-19-15/h3-10H,1-2H3,(H,18,21). The van der Waals surface area contributed by atoms with Crippen molar-refractivity contribution >= 4 is 23.1 Å². The van der Waals surface area contributed by atoms with Crippen molar-refractivity contribution < 1.29 is 9.53 Å². The maximum Gasteiger partial charge on any atom is 0.255 e. The smallest absolute Gasteiger partial charge is 0.255 e. The fourth-order valence-electron chi connectivity index (χ4n) is 2.18. The van der Waals surface area contributed by atoms with E-state index in [0.717, 1.165) is 22.5 Å². The van der Waals surface area contributed by atoms with Gasteiger partial charge in [-0.2, -0.15) is 0 Å². The van der Waals surface area contributed by atoms with Crippen LogP contribution in [0.15, 0.2) is 47.8 Å². The van der Waals surface area contributed by atoms with E-state index in [4.69, 9.17) is 4.74 Å². The topological polar surface area (TPSA) is 64.1 Å². The zero-order chi connectivity index (χ0) is 16.2. The summed E-state index contributed by atoms with van der Waals surface area (Å²) in [6.07, 6.45) is 0. The van der Waals surface area contributed by atoms with E-state index in [1.165, 1.54) is 11.5 Å². The number of methoxy groups -OCH3 is 1. The molecule has 3 aromatic rings. The minimum atomic E-state index is -0.175. The van der Waals surface area contributed by atoms with Crippen molar-refractivity contribution in [3.63, 3.8) is 0 Å². The van der Waals surface area contributed by atoms with Crippen LogP contribution in [0.3, 0.4) is 0 Å². The van der Waals surface area contributed by atoms with Crippen LogP contribution in [0.1, 0.15) is 15.9 Å². The van der Waals surface area contributed by atoms with Crippen LogP contribution in [0.5, 0.6) is 5.75 Å². The summed E-state index contributed by atoms with van der Waals surface area (Å²) in [5.41, 5.74) is 4.07. The third kappa shape index (κ3) is 3.37. The summed E-state index contributed by atoms with van der Waals surface area (Å²) in [5, 5.41) is 8.77. The van der Waals surface area contributed by atoms with Crippen LogP contribution in [-0.2, 0) is 0 Å². The molecule has 116 valence electrons. The predicted octanol–water partition coefficient (Wildman–Crippen LogP) is 3.77. The maximum absolute atomic E-state index is 12.3. The fourth-order valence-corrected chi connectivity index (χ4v) is 2.64. The quantitative estimate of drug-likeness (QED) is 0.793. The Kier molecular flexibility index (Phi) is 4.34. The average molecular weight is 325 g/mol. The van der Waals surface area contributed by atoms with Gasteiger partial charge in [0.15, 0.2) is 0 Å². The lowest BCUT2D eigenvalue weighted by molar-refractivity contribution is 0.102. The van der Waals surface area contributed by atoms with E-state index in [-0.39, 0.29) is 5.91 Å². The van der Waals surface area contributed by atoms with Gasteiger partial charge in [0.2, 0.25) is 0 Å². The van der Waals surface area contributed by atoms with Crippen LogP contribution in [0, 0.1) is 6.92 Å². The van der Waals surface area contributed by atoms with Gasteiger partial charge in [-0.15, -0.1) is 5.10 Å². The van der Waals surface area contributed by atoms with E-state index < -0.39 is 0 Å². The van der Waals surface area contributed by atoms with E-state index in [9.17, 15) is 4.79 Å². The predicted molar refractivity (Wildman–Crippen MR) is 91.0 cm³/mol. The van der Waals surface area contributed by atoms with Gasteiger partial charge in [-0.1, -0.05) is 22.7 Å². The Bertz CT molecular complexity index is 814. The number of benzene rings is 2. The molecule has 6 heteroatoms. The van der Waals surface area contributed by atoms with E-state index in [0.29, 0.717) is 11.3 Å². The second kappa shape index (κ2) is 6.58. The lowest BCUT2D eigenvalue weighted by Gasteiger charge is -2.09. The molecule has 0 fully saturated rings. The van der Waals surface area contributed by atoms with Crippen LogP contribution < -0.4 is 10.1 Å². The molecule has 2 aromatic carbocycles. The summed E-state index contributed by atoms with van der Waals surface area (Å²) < 4.78 is 9.09. The van der Waals surface area contributed by atoms with Gasteiger partial charge in [0.25, 0.3) is 5.91 Å². The number of aryl methyl sites for hydroxylation is 1. The van der Waals surface area contributed by atoms with Crippen molar-refractivity contribution in [2.45, 2.75) is 6.92 Å². The molecule has 0 spiro atoms. The first-order valence-corrected chi connectivity index (χ1v) is 7.84. The Balaban J connectivity index is 1.75. The van der Waals surface area contributed by atoms with Crippen molar-refractivity contribution in [1.29, 1.82) is 0 Å². The Morgan fingerprint density at radius 1 is 1.17 bits per heavy atom. The Morgan fingerprint density at radius 2 is 1.96 bits per heavy atom. The molecule has 0 aliphatic heterocycles. The van der Waals surface area contributed by atoms with E-state index in [2.05, 4.69) is 14.9 Å². The Labute approximate surface area is 138 Å². The van der Waals surface area contributed by atoms with Gasteiger partial charge in [-0.05, 0) is 48.3 Å². The minimum absolute atomic E-state index is 0.175. The molecule has 1 aromatic heterocycles. The largest absolute Gasteiger partial charge is 0.496 e. The molecule has 0 aliphatic rings. The summed E-state index contributed by atoms with van der Waals surface area (Å²) in [5.74, 6) is 0.524. The Hall–Kier alpha value is -2.73. The Morgan fingerprint density at radius 3 is 2.61 bits per heavy atom. The van der Waals surface area contributed by atoms with Crippen LogP contribution in [0.25, 0.3) is 11.3 Å². The second-order valence-electron chi connectivity index (χ2n) is 5.01. The number of nitrogens with one attached hydrogen (secondary N) is 1. The first-order chi connectivity index (χ1) is 11.2. The first kappa shape index (κ1) is 15.2. The highest BCUT2D eigenvalue weighted by Gasteiger charge is 2.09. The van der Waals surface area contributed by atoms with Gasteiger partial charge in [-0.3, -0.25) is 4.79 Å². The van der Waals surface area contributed by atoms with Crippen molar-refractivity contribution in [2.75, 3.05) is 12.4 Å². The lowest BCUT2D eigenvalue weighted by Crippen LogP contribution is -2.12. The molecule has 23 heavy (non-hydrogen) atoms. The van der Waals surface area contributed by atoms with Crippen LogP contribution in [0.4, 0.5) is 5.69 Å². The van der Waals surface area contributed by atoms with Crippen LogP contribution in [-0.4, -0.2) is 22.6 Å². The number of amides is 1. The number of carbonyl (C=O) groups is 1. The molecule has 0 saturated heterocycles. The van der Waals surface area contributed by atoms with Crippen molar-refractivity contribution in [3.05, 3.63) is 59.0 Å². The van der Waals surface area contributed by atoms with Crippen LogP contribution in [0.2, 0.25) is 0 Å². The summed E-state index contributed by atoms with van der Waals surface area (Å²) in [6.45, 7) is 1.94. The third-order valence-corrected chi connectivity index (χ3v) is 3.97. The molecular formula is C17H15N3O2S. The number of rotatable bonds is 4. The second-order valence-corrected chi connectivity index (χ2v) is 5.62. The van der Waals surface area contributed by atoms with Gasteiger partial charge in [0, 0.05) is 22.2 Å². The number of aromatic nitrogens is 2. The van der Waals surface area contributed by atoms with E-state index in [1.807, 2.05) is 42.6 Å².